The smallest absolute Gasteiger partial charge is 0.243 e. The third-order valence-electron chi connectivity index (χ3n) is 5.49. The van der Waals surface area contributed by atoms with Crippen LogP contribution in [-0.2, 0) is 29.0 Å². The van der Waals surface area contributed by atoms with Crippen LogP contribution in [0.15, 0.2) is 72.8 Å². The van der Waals surface area contributed by atoms with Gasteiger partial charge in [0, 0.05) is 30.1 Å². The number of rotatable bonds is 9. The van der Waals surface area contributed by atoms with Crippen molar-refractivity contribution in [3.63, 3.8) is 0 Å². The van der Waals surface area contributed by atoms with Crippen molar-refractivity contribution in [1.82, 2.24) is 10.2 Å². The summed E-state index contributed by atoms with van der Waals surface area (Å²) in [5, 5.41) is 3.04. The Balaban J connectivity index is 1.98. The van der Waals surface area contributed by atoms with Crippen molar-refractivity contribution >= 4 is 23.4 Å². The fraction of sp³-hybridized carbons (Fsp3) is 0.259. The lowest BCUT2D eigenvalue weighted by atomic mass is 10.0. The van der Waals surface area contributed by atoms with E-state index >= 15 is 0 Å². The van der Waals surface area contributed by atoms with E-state index in [0.717, 1.165) is 16.7 Å². The summed E-state index contributed by atoms with van der Waals surface area (Å²) in [5.74, 6) is -1.15. The van der Waals surface area contributed by atoms with Crippen molar-refractivity contribution in [1.29, 1.82) is 0 Å². The normalized spacial score (nSPS) is 11.6. The Morgan fingerprint density at radius 1 is 0.970 bits per heavy atom. The average Bonchev–Trinajstić information content (AvgIpc) is 2.80. The number of amides is 2. The maximum atomic E-state index is 14.4. The molecule has 0 heterocycles. The van der Waals surface area contributed by atoms with Gasteiger partial charge in [0.15, 0.2) is 0 Å². The summed E-state index contributed by atoms with van der Waals surface area (Å²) in [5.41, 5.74) is 3.04. The summed E-state index contributed by atoms with van der Waals surface area (Å²) < 4.78 is 14.4. The van der Waals surface area contributed by atoms with Crippen LogP contribution in [-0.4, -0.2) is 29.3 Å². The van der Waals surface area contributed by atoms with Crippen molar-refractivity contribution in [2.24, 2.45) is 0 Å². The number of aryl methyl sites for hydroxylation is 1. The predicted octanol–water partition coefficient (Wildman–Crippen LogP) is 5.11. The second kappa shape index (κ2) is 11.6. The van der Waals surface area contributed by atoms with E-state index in [0.29, 0.717) is 13.0 Å². The van der Waals surface area contributed by atoms with Gasteiger partial charge >= 0.3 is 0 Å². The number of nitrogens with zero attached hydrogens (tertiary/aromatic N) is 1. The Hall–Kier alpha value is -3.18. The fourth-order valence-electron chi connectivity index (χ4n) is 3.69. The minimum Gasteiger partial charge on any atom is -0.355 e. The molecule has 0 aliphatic carbocycles. The van der Waals surface area contributed by atoms with Gasteiger partial charge in [0.05, 0.1) is 6.42 Å². The van der Waals surface area contributed by atoms with Crippen molar-refractivity contribution in [3.05, 3.63) is 106 Å². The number of halogens is 2. The van der Waals surface area contributed by atoms with Crippen LogP contribution in [0.2, 0.25) is 5.02 Å². The summed E-state index contributed by atoms with van der Waals surface area (Å²) in [4.78, 5) is 28.2. The molecule has 1 N–H and O–H groups in total. The lowest BCUT2D eigenvalue weighted by molar-refractivity contribution is -0.140. The van der Waals surface area contributed by atoms with E-state index in [4.69, 9.17) is 11.6 Å². The molecule has 0 saturated carbocycles. The Labute approximate surface area is 199 Å². The van der Waals surface area contributed by atoms with Gasteiger partial charge in [-0.15, -0.1) is 0 Å². The fourth-order valence-corrected chi connectivity index (χ4v) is 3.92. The molecule has 3 aromatic carbocycles. The number of hydrogen-bond acceptors (Lipinski definition) is 2. The molecular weight excluding hydrogens is 439 g/mol. The van der Waals surface area contributed by atoms with Crippen molar-refractivity contribution in [2.45, 2.75) is 39.3 Å². The maximum absolute atomic E-state index is 14.4. The van der Waals surface area contributed by atoms with Crippen molar-refractivity contribution in [2.75, 3.05) is 6.54 Å². The number of likely N-dealkylation sites (N-methyl/N-ethyl adjacent to an activating group) is 1. The quantitative estimate of drug-likeness (QED) is 0.476. The molecule has 33 heavy (non-hydrogen) atoms. The zero-order valence-electron chi connectivity index (χ0n) is 18.9. The third kappa shape index (κ3) is 6.65. The summed E-state index contributed by atoms with van der Waals surface area (Å²) >= 11 is 6.19. The molecule has 0 saturated heterocycles. The van der Waals surface area contributed by atoms with Gasteiger partial charge in [-0.25, -0.2) is 4.39 Å². The highest BCUT2D eigenvalue weighted by Crippen LogP contribution is 2.22. The summed E-state index contributed by atoms with van der Waals surface area (Å²) in [6.07, 6.45) is 0.108. The molecule has 2 amide bonds. The van der Waals surface area contributed by atoms with Crippen LogP contribution in [0.1, 0.15) is 29.2 Å². The molecule has 172 valence electrons. The van der Waals surface area contributed by atoms with Gasteiger partial charge in [-0.2, -0.15) is 0 Å². The molecule has 0 aromatic heterocycles. The average molecular weight is 467 g/mol. The van der Waals surface area contributed by atoms with E-state index in [-0.39, 0.29) is 35.4 Å². The number of carbonyl (C=O) groups is 2. The van der Waals surface area contributed by atoms with E-state index in [2.05, 4.69) is 5.32 Å². The van der Waals surface area contributed by atoms with Gasteiger partial charge in [0.25, 0.3) is 0 Å². The van der Waals surface area contributed by atoms with Crippen LogP contribution in [0.4, 0.5) is 4.39 Å². The maximum Gasteiger partial charge on any atom is 0.243 e. The van der Waals surface area contributed by atoms with E-state index in [1.54, 1.807) is 6.07 Å². The standard InChI is InChI=1S/C27H28ClFN2O2/c1-3-30-27(33)25(16-20-8-5-4-6-9-20)31(18-21-14-12-19(2)13-15-21)26(32)17-22-23(28)10-7-11-24(22)29/h4-15,25H,3,16-18H2,1-2H3,(H,30,33)/t25-/m0/s1. The van der Waals surface area contributed by atoms with Gasteiger partial charge in [-0.05, 0) is 37.1 Å². The number of nitrogens with one attached hydrogen (secondary N) is 1. The van der Waals surface area contributed by atoms with Gasteiger partial charge in [-0.1, -0.05) is 77.8 Å². The zero-order valence-corrected chi connectivity index (χ0v) is 19.6. The van der Waals surface area contributed by atoms with Gasteiger partial charge in [0.2, 0.25) is 11.8 Å². The highest BCUT2D eigenvalue weighted by Gasteiger charge is 2.31. The Kier molecular flexibility index (Phi) is 8.61. The molecular formula is C27H28ClFN2O2. The molecule has 1 atom stereocenters. The van der Waals surface area contributed by atoms with Crippen LogP contribution >= 0.6 is 11.6 Å². The Morgan fingerprint density at radius 2 is 1.67 bits per heavy atom. The lowest BCUT2D eigenvalue weighted by Gasteiger charge is -2.31. The first-order chi connectivity index (χ1) is 15.9. The highest BCUT2D eigenvalue weighted by molar-refractivity contribution is 6.31. The largest absolute Gasteiger partial charge is 0.355 e. The molecule has 4 nitrogen and oxygen atoms in total. The zero-order chi connectivity index (χ0) is 23.8. The summed E-state index contributed by atoms with van der Waals surface area (Å²) in [6.45, 7) is 4.48. The minimum atomic E-state index is -0.758. The molecule has 0 aliphatic rings. The lowest BCUT2D eigenvalue weighted by Crippen LogP contribution is -2.51. The SMILES string of the molecule is CCNC(=O)[C@H](Cc1ccccc1)N(Cc1ccc(C)cc1)C(=O)Cc1c(F)cccc1Cl. The second-order valence-corrected chi connectivity index (χ2v) is 8.39. The molecule has 0 aliphatic heterocycles. The summed E-state index contributed by atoms with van der Waals surface area (Å²) in [6, 6.07) is 20.9. The molecule has 0 radical (unpaired) electrons. The highest BCUT2D eigenvalue weighted by atomic mass is 35.5. The third-order valence-corrected chi connectivity index (χ3v) is 5.84. The van der Waals surface area contributed by atoms with E-state index in [1.165, 1.54) is 17.0 Å². The monoisotopic (exact) mass is 466 g/mol. The van der Waals surface area contributed by atoms with Crippen molar-refractivity contribution in [3.8, 4) is 0 Å². The number of carbonyl (C=O) groups excluding carboxylic acids is 2. The first-order valence-electron chi connectivity index (χ1n) is 11.0. The van der Waals surface area contributed by atoms with Crippen LogP contribution < -0.4 is 5.32 Å². The topological polar surface area (TPSA) is 49.4 Å². The molecule has 0 unspecified atom stereocenters. The second-order valence-electron chi connectivity index (χ2n) is 7.98. The van der Waals surface area contributed by atoms with Gasteiger partial charge < -0.3 is 10.2 Å². The van der Waals surface area contributed by atoms with Gasteiger partial charge in [-0.3, -0.25) is 9.59 Å². The predicted molar refractivity (Wildman–Crippen MR) is 129 cm³/mol. The summed E-state index contributed by atoms with van der Waals surface area (Å²) in [7, 11) is 0. The first kappa shape index (κ1) is 24.5. The van der Waals surface area contributed by atoms with Gasteiger partial charge in [0.1, 0.15) is 11.9 Å². The van der Waals surface area contributed by atoms with E-state index in [1.807, 2.05) is 68.4 Å². The van der Waals surface area contributed by atoms with E-state index < -0.39 is 11.9 Å². The Bertz CT molecular complexity index is 1070. The molecule has 0 spiro atoms. The van der Waals surface area contributed by atoms with E-state index in [9.17, 15) is 14.0 Å². The molecule has 0 fully saturated rings. The van der Waals surface area contributed by atoms with Crippen LogP contribution in [0.5, 0.6) is 0 Å². The van der Waals surface area contributed by atoms with Crippen molar-refractivity contribution < 1.29 is 14.0 Å². The van der Waals surface area contributed by atoms with Crippen LogP contribution in [0.3, 0.4) is 0 Å². The Morgan fingerprint density at radius 3 is 2.30 bits per heavy atom. The molecule has 3 rings (SSSR count). The molecule has 0 bridgehead atoms. The number of benzene rings is 3. The van der Waals surface area contributed by atoms with Crippen LogP contribution in [0, 0.1) is 12.7 Å². The molecule has 6 heteroatoms. The minimum absolute atomic E-state index is 0.132. The molecule has 3 aromatic rings. The van der Waals surface area contributed by atoms with Crippen LogP contribution in [0.25, 0.3) is 0 Å². The first-order valence-corrected chi connectivity index (χ1v) is 11.4. The number of hydrogen-bond donors (Lipinski definition) is 1.